The molecule has 11 heteroatoms. The molecular weight excluding hydrogens is 488 g/mol. The Morgan fingerprint density at radius 2 is 1.81 bits per heavy atom. The van der Waals surface area contributed by atoms with Gasteiger partial charge in [-0.3, -0.25) is 4.79 Å². The molecule has 1 aliphatic rings. The van der Waals surface area contributed by atoms with Gasteiger partial charge in [-0.05, 0) is 35.9 Å². The van der Waals surface area contributed by atoms with E-state index in [1.165, 1.54) is 25.3 Å². The van der Waals surface area contributed by atoms with Crippen LogP contribution in [0.15, 0.2) is 53.2 Å². The average molecular weight is 514 g/mol. The van der Waals surface area contributed by atoms with Crippen molar-refractivity contribution < 1.29 is 53.4 Å². The summed E-state index contributed by atoms with van der Waals surface area (Å²) >= 11 is 0. The maximum absolute atomic E-state index is 13.0. The Bertz CT molecular complexity index is 1310. The monoisotopic (exact) mass is 514 g/mol. The Morgan fingerprint density at radius 1 is 1.03 bits per heavy atom. The fourth-order valence-electron chi connectivity index (χ4n) is 4.09. The number of benzene rings is 2. The van der Waals surface area contributed by atoms with Crippen LogP contribution >= 0.6 is 0 Å². The molecule has 37 heavy (non-hydrogen) atoms. The van der Waals surface area contributed by atoms with Crippen LogP contribution in [0.4, 0.5) is 4.79 Å². The minimum absolute atomic E-state index is 0.0590. The highest BCUT2D eigenvalue weighted by Gasteiger charge is 2.46. The van der Waals surface area contributed by atoms with Gasteiger partial charge >= 0.3 is 6.16 Å². The second kappa shape index (κ2) is 11.0. The number of allylic oxidation sites excluding steroid dienone is 1. The van der Waals surface area contributed by atoms with Gasteiger partial charge in [-0.15, -0.1) is 0 Å². The zero-order valence-corrected chi connectivity index (χ0v) is 19.9. The molecule has 5 atom stereocenters. The highest BCUT2D eigenvalue weighted by molar-refractivity contribution is 6.09. The first-order valence-electron chi connectivity index (χ1n) is 11.2. The number of rotatable bonds is 7. The molecule has 196 valence electrons. The van der Waals surface area contributed by atoms with Crippen LogP contribution in [0.2, 0.25) is 0 Å². The molecule has 2 aromatic carbocycles. The molecule has 1 fully saturated rings. The molecule has 5 unspecified atom stereocenters. The van der Waals surface area contributed by atoms with Crippen LogP contribution < -0.4 is 4.74 Å². The van der Waals surface area contributed by atoms with E-state index in [1.807, 2.05) is 6.07 Å². The lowest BCUT2D eigenvalue weighted by Crippen LogP contribution is -2.55. The minimum Gasteiger partial charge on any atom is -0.507 e. The summed E-state index contributed by atoms with van der Waals surface area (Å²) in [5.41, 5.74) is 1.44. The van der Waals surface area contributed by atoms with Gasteiger partial charge in [0, 0.05) is 17.0 Å². The number of aliphatic hydroxyl groups excluding tert-OH is 3. The van der Waals surface area contributed by atoms with E-state index in [1.54, 1.807) is 30.5 Å². The normalized spacial score (nSPS) is 23.8. The minimum atomic E-state index is -1.68. The molecule has 0 bridgehead atoms. The number of phenolic OH excluding ortho intramolecular Hbond substituents is 1. The Balaban J connectivity index is 1.62. The van der Waals surface area contributed by atoms with Gasteiger partial charge in [0.2, 0.25) is 0 Å². The van der Waals surface area contributed by atoms with Gasteiger partial charge in [-0.25, -0.2) is 4.79 Å². The summed E-state index contributed by atoms with van der Waals surface area (Å²) in [5.74, 6) is -0.870. The fraction of sp³-hybridized carbons (Fsp3) is 0.308. The Hall–Kier alpha value is -3.90. The molecule has 4 N–H and O–H groups in total. The number of methoxy groups -OCH3 is 2. The van der Waals surface area contributed by atoms with Crippen molar-refractivity contribution in [3.63, 3.8) is 0 Å². The van der Waals surface area contributed by atoms with Crippen LogP contribution in [0.3, 0.4) is 0 Å². The maximum Gasteiger partial charge on any atom is 0.508 e. The van der Waals surface area contributed by atoms with Crippen LogP contribution in [-0.2, 0) is 14.2 Å². The van der Waals surface area contributed by atoms with Crippen molar-refractivity contribution in [2.24, 2.45) is 0 Å². The molecule has 1 aliphatic heterocycles. The van der Waals surface area contributed by atoms with Gasteiger partial charge in [0.25, 0.3) is 0 Å². The standard InChI is InChI=1S/C26H26O11/c1-33-20-11-18(28)15(17(27)5-3-13-4-6-19-14(9-13)7-8-35-19)10-16(20)25-24(31)23(30)22(29)21(37-25)12-36-26(32)34-2/h3-11,21-25,28-31H,12H2,1-2H3. The molecule has 1 saturated heterocycles. The topological polar surface area (TPSA) is 165 Å². The highest BCUT2D eigenvalue weighted by atomic mass is 16.7. The van der Waals surface area contributed by atoms with Crippen LogP contribution in [0.1, 0.15) is 27.6 Å². The summed E-state index contributed by atoms with van der Waals surface area (Å²) < 4.78 is 25.6. The van der Waals surface area contributed by atoms with Crippen molar-refractivity contribution in [1.82, 2.24) is 0 Å². The number of ketones is 1. The maximum atomic E-state index is 13.0. The van der Waals surface area contributed by atoms with Crippen LogP contribution in [0.25, 0.3) is 17.0 Å². The van der Waals surface area contributed by atoms with Crippen LogP contribution in [-0.4, -0.2) is 77.6 Å². The number of ether oxygens (including phenoxy) is 4. The number of furan rings is 1. The zero-order chi connectivity index (χ0) is 26.7. The summed E-state index contributed by atoms with van der Waals surface area (Å²) in [6, 6.07) is 9.62. The van der Waals surface area contributed by atoms with Crippen LogP contribution in [0.5, 0.6) is 11.5 Å². The molecule has 0 amide bonds. The third-order valence-electron chi connectivity index (χ3n) is 6.07. The number of hydrogen-bond acceptors (Lipinski definition) is 11. The average Bonchev–Trinajstić information content (AvgIpc) is 3.37. The molecule has 0 radical (unpaired) electrons. The smallest absolute Gasteiger partial charge is 0.507 e. The summed E-state index contributed by atoms with van der Waals surface area (Å²) in [6.45, 7) is -0.482. The highest BCUT2D eigenvalue weighted by Crippen LogP contribution is 2.40. The Labute approximate surface area is 211 Å². The quantitative estimate of drug-likeness (QED) is 0.208. The Kier molecular flexibility index (Phi) is 7.79. The summed E-state index contributed by atoms with van der Waals surface area (Å²) in [7, 11) is 2.41. The van der Waals surface area contributed by atoms with Gasteiger partial charge in [-0.2, -0.15) is 0 Å². The lowest BCUT2D eigenvalue weighted by atomic mass is 9.89. The van der Waals surface area contributed by atoms with E-state index in [4.69, 9.17) is 18.6 Å². The SMILES string of the molecule is COC(=O)OCC1OC(c2cc(C(=O)C=Cc3ccc4occc4c3)c(O)cc2OC)C(O)C(O)C1O. The second-order valence-electron chi connectivity index (χ2n) is 8.36. The van der Waals surface area contributed by atoms with Gasteiger partial charge < -0.3 is 43.8 Å². The first-order valence-corrected chi connectivity index (χ1v) is 11.2. The van der Waals surface area contributed by atoms with Gasteiger partial charge in [0.1, 0.15) is 54.2 Å². The third-order valence-corrected chi connectivity index (χ3v) is 6.07. The molecule has 0 saturated carbocycles. The molecule has 11 nitrogen and oxygen atoms in total. The van der Waals surface area contributed by atoms with Crippen molar-refractivity contribution in [2.75, 3.05) is 20.8 Å². The summed E-state index contributed by atoms with van der Waals surface area (Å²) in [4.78, 5) is 24.3. The number of aliphatic hydroxyl groups is 3. The van der Waals surface area contributed by atoms with E-state index >= 15 is 0 Å². The van der Waals surface area contributed by atoms with Crippen LogP contribution in [0, 0.1) is 0 Å². The number of carbonyl (C=O) groups excluding carboxylic acids is 2. The number of aromatic hydroxyl groups is 1. The van der Waals surface area contributed by atoms with Gasteiger partial charge in [0.15, 0.2) is 5.78 Å². The number of hydrogen-bond donors (Lipinski definition) is 4. The zero-order valence-electron chi connectivity index (χ0n) is 19.9. The molecular formula is C26H26O11. The van der Waals surface area contributed by atoms with E-state index in [2.05, 4.69) is 4.74 Å². The lowest BCUT2D eigenvalue weighted by Gasteiger charge is -2.40. The predicted molar refractivity (Wildman–Crippen MR) is 128 cm³/mol. The van der Waals surface area contributed by atoms with Crippen molar-refractivity contribution in [1.29, 1.82) is 0 Å². The number of phenols is 1. The Morgan fingerprint density at radius 3 is 2.54 bits per heavy atom. The van der Waals surface area contributed by atoms with E-state index < -0.39 is 49.1 Å². The second-order valence-corrected chi connectivity index (χ2v) is 8.36. The summed E-state index contributed by atoms with van der Waals surface area (Å²) in [6.07, 6.45) is -4.07. The number of fused-ring (bicyclic) bond motifs is 1. The van der Waals surface area contributed by atoms with Crippen molar-refractivity contribution in [3.8, 4) is 11.5 Å². The largest absolute Gasteiger partial charge is 0.508 e. The van der Waals surface area contributed by atoms with E-state index in [9.17, 15) is 30.0 Å². The molecule has 1 aromatic heterocycles. The molecule has 2 heterocycles. The third kappa shape index (κ3) is 5.44. The molecule has 4 rings (SSSR count). The van der Waals surface area contributed by atoms with Crippen molar-refractivity contribution in [2.45, 2.75) is 30.5 Å². The first kappa shape index (κ1) is 26.2. The van der Waals surface area contributed by atoms with E-state index in [-0.39, 0.29) is 22.6 Å². The summed E-state index contributed by atoms with van der Waals surface area (Å²) in [5, 5.41) is 42.7. The fourth-order valence-corrected chi connectivity index (χ4v) is 4.09. The molecule has 3 aromatic rings. The van der Waals surface area contributed by atoms with E-state index in [0.717, 1.165) is 18.1 Å². The van der Waals surface area contributed by atoms with Crippen molar-refractivity contribution in [3.05, 3.63) is 65.4 Å². The number of carbonyl (C=O) groups is 2. The van der Waals surface area contributed by atoms with Crippen molar-refractivity contribution >= 4 is 29.0 Å². The van der Waals surface area contributed by atoms with Gasteiger partial charge in [-0.1, -0.05) is 12.1 Å². The molecule has 0 aliphatic carbocycles. The predicted octanol–water partition coefficient (Wildman–Crippen LogP) is 2.35. The lowest BCUT2D eigenvalue weighted by molar-refractivity contribution is -0.232. The van der Waals surface area contributed by atoms with E-state index in [0.29, 0.717) is 5.58 Å². The van der Waals surface area contributed by atoms with Gasteiger partial charge in [0.05, 0.1) is 26.0 Å². The first-order chi connectivity index (χ1) is 17.7. The molecule has 0 spiro atoms.